The fourth-order valence-corrected chi connectivity index (χ4v) is 4.08. The highest BCUT2D eigenvalue weighted by molar-refractivity contribution is 6.00. The van der Waals surface area contributed by atoms with Crippen molar-refractivity contribution in [1.29, 1.82) is 0 Å². The first-order valence-electron chi connectivity index (χ1n) is 10.1. The van der Waals surface area contributed by atoms with E-state index in [1.54, 1.807) is 17.2 Å². The van der Waals surface area contributed by atoms with Gasteiger partial charge in [0, 0.05) is 37.7 Å². The molecule has 4 rings (SSSR count). The van der Waals surface area contributed by atoms with Gasteiger partial charge in [0.25, 0.3) is 0 Å². The molecule has 3 heterocycles. The van der Waals surface area contributed by atoms with Crippen LogP contribution >= 0.6 is 0 Å². The normalized spacial score (nSPS) is 20.1. The number of carbonyl (C=O) groups excluding carboxylic acids is 3. The second kappa shape index (κ2) is 8.51. The molecular weight excluding hydrogens is 370 g/mol. The number of likely N-dealkylation sites (tertiary alicyclic amines) is 1. The number of piperidine rings is 1. The molecule has 0 spiro atoms. The predicted molar refractivity (Wildman–Crippen MR) is 107 cm³/mol. The number of nitrogens with zero attached hydrogens (tertiary/aromatic N) is 2. The average molecular weight is 395 g/mol. The lowest BCUT2D eigenvalue weighted by Gasteiger charge is -2.32. The van der Waals surface area contributed by atoms with Crippen LogP contribution in [0.25, 0.3) is 0 Å². The topological polar surface area (TPSA) is 82.9 Å². The Bertz CT molecular complexity index is 857. The van der Waals surface area contributed by atoms with Gasteiger partial charge in [0.2, 0.25) is 17.7 Å². The van der Waals surface area contributed by atoms with Crippen LogP contribution in [0, 0.1) is 11.8 Å². The van der Waals surface area contributed by atoms with Crippen molar-refractivity contribution in [2.45, 2.75) is 25.8 Å². The molecule has 0 aliphatic carbocycles. The molecule has 7 heteroatoms. The number of nitrogens with one attached hydrogen (secondary N) is 1. The lowest BCUT2D eigenvalue weighted by molar-refractivity contribution is -0.139. The zero-order valence-electron chi connectivity index (χ0n) is 16.3. The molecule has 7 nitrogen and oxygen atoms in total. The molecule has 0 saturated carbocycles. The molecule has 2 aromatic rings. The fraction of sp³-hybridized carbons (Fsp3) is 0.409. The second-order valence-corrected chi connectivity index (χ2v) is 7.64. The van der Waals surface area contributed by atoms with Gasteiger partial charge in [0.1, 0.15) is 5.76 Å². The zero-order valence-corrected chi connectivity index (χ0v) is 16.3. The van der Waals surface area contributed by atoms with Crippen molar-refractivity contribution in [2.75, 3.05) is 24.5 Å². The molecular formula is C22H25N3O4. The van der Waals surface area contributed by atoms with Gasteiger partial charge in [-0.15, -0.1) is 0 Å². The molecule has 1 aromatic carbocycles. The van der Waals surface area contributed by atoms with Gasteiger partial charge in [-0.25, -0.2) is 0 Å². The van der Waals surface area contributed by atoms with Crippen molar-refractivity contribution >= 4 is 23.4 Å². The van der Waals surface area contributed by atoms with Gasteiger partial charge in [-0.2, -0.15) is 0 Å². The molecule has 1 N–H and O–H groups in total. The van der Waals surface area contributed by atoms with Crippen molar-refractivity contribution < 1.29 is 18.8 Å². The van der Waals surface area contributed by atoms with Crippen molar-refractivity contribution in [3.05, 3.63) is 54.5 Å². The summed E-state index contributed by atoms with van der Waals surface area (Å²) in [6, 6.07) is 13.1. The number of benzene rings is 1. The summed E-state index contributed by atoms with van der Waals surface area (Å²) in [7, 11) is 0. The van der Waals surface area contributed by atoms with Crippen LogP contribution in [-0.4, -0.2) is 42.3 Å². The van der Waals surface area contributed by atoms with Crippen LogP contribution < -0.4 is 10.2 Å². The van der Waals surface area contributed by atoms with E-state index < -0.39 is 0 Å². The summed E-state index contributed by atoms with van der Waals surface area (Å²) in [5, 5.41) is 2.90. The molecule has 0 radical (unpaired) electrons. The Kier molecular flexibility index (Phi) is 5.64. The number of carbonyl (C=O) groups is 3. The van der Waals surface area contributed by atoms with Crippen LogP contribution in [0.1, 0.15) is 25.0 Å². The number of rotatable bonds is 5. The van der Waals surface area contributed by atoms with Crippen LogP contribution in [-0.2, 0) is 20.9 Å². The first kappa shape index (κ1) is 19.2. The summed E-state index contributed by atoms with van der Waals surface area (Å²) in [5.74, 6) is 0.319. The summed E-state index contributed by atoms with van der Waals surface area (Å²) < 4.78 is 5.23. The van der Waals surface area contributed by atoms with E-state index in [1.165, 1.54) is 0 Å². The summed E-state index contributed by atoms with van der Waals surface area (Å²) in [6.45, 7) is 1.90. The molecule has 0 unspecified atom stereocenters. The zero-order chi connectivity index (χ0) is 20.2. The first-order valence-corrected chi connectivity index (χ1v) is 10.1. The minimum atomic E-state index is -0.313. The predicted octanol–water partition coefficient (Wildman–Crippen LogP) is 2.19. The number of furan rings is 1. The van der Waals surface area contributed by atoms with Crippen molar-refractivity contribution in [2.24, 2.45) is 11.8 Å². The highest BCUT2D eigenvalue weighted by atomic mass is 16.3. The monoisotopic (exact) mass is 395 g/mol. The molecule has 2 aliphatic rings. The third-order valence-corrected chi connectivity index (χ3v) is 5.74. The van der Waals surface area contributed by atoms with Crippen LogP contribution in [0.15, 0.2) is 53.1 Å². The SMILES string of the molecule is O=C(NCc1ccco1)C1CCN(C(=O)[C@H]2CC(=O)N(c3ccccc3)C2)CC1. The quantitative estimate of drug-likeness (QED) is 0.841. The van der Waals surface area contributed by atoms with Gasteiger partial charge in [0.15, 0.2) is 0 Å². The van der Waals surface area contributed by atoms with Crippen molar-refractivity contribution in [3.8, 4) is 0 Å². The fourth-order valence-electron chi connectivity index (χ4n) is 4.08. The Morgan fingerprint density at radius 1 is 1.03 bits per heavy atom. The average Bonchev–Trinajstić information content (AvgIpc) is 3.42. The van der Waals surface area contributed by atoms with Crippen LogP contribution in [0.3, 0.4) is 0 Å². The number of hydrogen-bond acceptors (Lipinski definition) is 4. The van der Waals surface area contributed by atoms with Gasteiger partial charge < -0.3 is 19.5 Å². The van der Waals surface area contributed by atoms with Crippen LogP contribution in [0.5, 0.6) is 0 Å². The maximum atomic E-state index is 12.9. The lowest BCUT2D eigenvalue weighted by atomic mass is 9.94. The van der Waals surface area contributed by atoms with Gasteiger partial charge in [0.05, 0.1) is 18.7 Å². The molecule has 2 aliphatic heterocycles. The molecule has 2 saturated heterocycles. The maximum absolute atomic E-state index is 12.9. The van der Waals surface area contributed by atoms with E-state index in [0.717, 1.165) is 11.4 Å². The molecule has 0 bridgehead atoms. The van der Waals surface area contributed by atoms with E-state index in [2.05, 4.69) is 5.32 Å². The van der Waals surface area contributed by atoms with Gasteiger partial charge in [-0.05, 0) is 37.1 Å². The summed E-state index contributed by atoms with van der Waals surface area (Å²) in [4.78, 5) is 41.2. The number of amides is 3. The number of hydrogen-bond donors (Lipinski definition) is 1. The third kappa shape index (κ3) is 4.34. The molecule has 1 atom stereocenters. The van der Waals surface area contributed by atoms with Crippen molar-refractivity contribution in [1.82, 2.24) is 10.2 Å². The Morgan fingerprint density at radius 2 is 1.79 bits per heavy atom. The standard InChI is InChI=1S/C22H25N3O4/c26-20-13-17(15-25(20)18-5-2-1-3-6-18)22(28)24-10-8-16(9-11-24)21(27)23-14-19-7-4-12-29-19/h1-7,12,16-17H,8-11,13-15H2,(H,23,27)/t17-/m0/s1. The Balaban J connectivity index is 1.27. The largest absolute Gasteiger partial charge is 0.467 e. The van der Waals surface area contributed by atoms with E-state index in [4.69, 9.17) is 4.42 Å². The van der Waals surface area contributed by atoms with Crippen LogP contribution in [0.4, 0.5) is 5.69 Å². The minimum Gasteiger partial charge on any atom is -0.467 e. The smallest absolute Gasteiger partial charge is 0.228 e. The van der Waals surface area contributed by atoms with Gasteiger partial charge in [-0.3, -0.25) is 14.4 Å². The van der Waals surface area contributed by atoms with E-state index in [0.29, 0.717) is 39.0 Å². The van der Waals surface area contributed by atoms with E-state index in [1.807, 2.05) is 41.3 Å². The van der Waals surface area contributed by atoms with E-state index in [-0.39, 0.29) is 36.0 Å². The molecule has 3 amide bonds. The van der Waals surface area contributed by atoms with Crippen LogP contribution in [0.2, 0.25) is 0 Å². The Hall–Kier alpha value is -3.09. The number of para-hydroxylation sites is 1. The number of anilines is 1. The minimum absolute atomic E-state index is 0.000189. The summed E-state index contributed by atoms with van der Waals surface area (Å²) >= 11 is 0. The second-order valence-electron chi connectivity index (χ2n) is 7.64. The lowest BCUT2D eigenvalue weighted by Crippen LogP contribution is -2.45. The highest BCUT2D eigenvalue weighted by Gasteiger charge is 2.38. The van der Waals surface area contributed by atoms with Gasteiger partial charge >= 0.3 is 0 Å². The molecule has 2 fully saturated rings. The summed E-state index contributed by atoms with van der Waals surface area (Å²) in [5.41, 5.74) is 0.833. The highest BCUT2D eigenvalue weighted by Crippen LogP contribution is 2.27. The Morgan fingerprint density at radius 3 is 2.48 bits per heavy atom. The maximum Gasteiger partial charge on any atom is 0.228 e. The first-order chi connectivity index (χ1) is 14.1. The summed E-state index contributed by atoms with van der Waals surface area (Å²) in [6.07, 6.45) is 3.10. The molecule has 152 valence electrons. The van der Waals surface area contributed by atoms with E-state index >= 15 is 0 Å². The van der Waals surface area contributed by atoms with Crippen molar-refractivity contribution in [3.63, 3.8) is 0 Å². The Labute approximate surface area is 169 Å². The molecule has 1 aromatic heterocycles. The third-order valence-electron chi connectivity index (χ3n) is 5.74. The van der Waals surface area contributed by atoms with Gasteiger partial charge in [-0.1, -0.05) is 18.2 Å². The van der Waals surface area contributed by atoms with E-state index in [9.17, 15) is 14.4 Å². The molecule has 29 heavy (non-hydrogen) atoms.